The van der Waals surface area contributed by atoms with E-state index in [4.69, 9.17) is 5.73 Å². The van der Waals surface area contributed by atoms with Gasteiger partial charge in [0, 0.05) is 18.8 Å². The third kappa shape index (κ3) is 2.19. The Balaban J connectivity index is 2.01. The van der Waals surface area contributed by atoms with Gasteiger partial charge in [-0.3, -0.25) is 4.79 Å². The molecule has 2 aromatic rings. The van der Waals surface area contributed by atoms with E-state index in [1.54, 1.807) is 0 Å². The fraction of sp³-hybridized carbons (Fsp3) is 0.188. The van der Waals surface area contributed by atoms with Crippen molar-refractivity contribution < 1.29 is 4.79 Å². The van der Waals surface area contributed by atoms with E-state index in [0.717, 1.165) is 23.7 Å². The molecule has 3 nitrogen and oxygen atoms in total. The average molecular weight is 252 g/mol. The maximum atomic E-state index is 12.5. The van der Waals surface area contributed by atoms with E-state index in [0.29, 0.717) is 17.8 Å². The van der Waals surface area contributed by atoms with Gasteiger partial charge in [0.25, 0.3) is 5.91 Å². The second-order valence-corrected chi connectivity index (χ2v) is 4.80. The number of rotatable bonds is 1. The van der Waals surface area contributed by atoms with E-state index < -0.39 is 0 Å². The molecule has 0 spiro atoms. The zero-order valence-electron chi connectivity index (χ0n) is 10.7. The Morgan fingerprint density at radius 1 is 1.11 bits per heavy atom. The van der Waals surface area contributed by atoms with Crippen molar-refractivity contribution in [2.24, 2.45) is 0 Å². The number of hydrogen-bond donors (Lipinski definition) is 1. The van der Waals surface area contributed by atoms with Crippen molar-refractivity contribution >= 4 is 22.4 Å². The summed E-state index contributed by atoms with van der Waals surface area (Å²) in [6.45, 7) is 1.44. The smallest absolute Gasteiger partial charge is 0.256 e. The normalized spacial score (nSPS) is 14.8. The summed E-state index contributed by atoms with van der Waals surface area (Å²) in [6.07, 6.45) is 5.05. The van der Waals surface area contributed by atoms with Crippen molar-refractivity contribution in [3.8, 4) is 0 Å². The lowest BCUT2D eigenvalue weighted by atomic mass is 10.0. The summed E-state index contributed by atoms with van der Waals surface area (Å²) in [5.41, 5.74) is 7.19. The molecule has 0 radical (unpaired) electrons. The number of amides is 1. The molecule has 19 heavy (non-hydrogen) atoms. The molecule has 2 N–H and O–H groups in total. The molecule has 1 heterocycles. The number of nitrogen functional groups attached to an aromatic ring is 1. The van der Waals surface area contributed by atoms with Crippen LogP contribution in [0.1, 0.15) is 16.8 Å². The Morgan fingerprint density at radius 2 is 1.84 bits per heavy atom. The summed E-state index contributed by atoms with van der Waals surface area (Å²) < 4.78 is 0. The van der Waals surface area contributed by atoms with Crippen molar-refractivity contribution in [1.29, 1.82) is 0 Å². The monoisotopic (exact) mass is 252 g/mol. The number of anilines is 1. The van der Waals surface area contributed by atoms with Crippen LogP contribution >= 0.6 is 0 Å². The molecule has 0 unspecified atom stereocenters. The Labute approximate surface area is 112 Å². The predicted molar refractivity (Wildman–Crippen MR) is 78.0 cm³/mol. The Hall–Kier alpha value is -2.29. The molecule has 0 saturated carbocycles. The molecule has 1 amide bonds. The molecule has 2 aromatic carbocycles. The summed E-state index contributed by atoms with van der Waals surface area (Å²) in [4.78, 5) is 14.3. The van der Waals surface area contributed by atoms with Crippen molar-refractivity contribution in [3.63, 3.8) is 0 Å². The fourth-order valence-corrected chi connectivity index (χ4v) is 2.44. The molecule has 0 saturated heterocycles. The highest BCUT2D eigenvalue weighted by molar-refractivity contribution is 6.04. The molecule has 0 fully saturated rings. The Kier molecular flexibility index (Phi) is 2.95. The number of benzene rings is 2. The maximum Gasteiger partial charge on any atom is 0.256 e. The second-order valence-electron chi connectivity index (χ2n) is 4.80. The number of nitrogens with two attached hydrogens (primary N) is 1. The van der Waals surface area contributed by atoms with Crippen LogP contribution in [0.5, 0.6) is 0 Å². The summed E-state index contributed by atoms with van der Waals surface area (Å²) in [6, 6.07) is 11.7. The molecule has 0 atom stereocenters. The number of nitrogens with zero attached hydrogens (tertiary/aromatic N) is 1. The van der Waals surface area contributed by atoms with Crippen LogP contribution in [-0.2, 0) is 0 Å². The molecule has 0 aromatic heterocycles. The fourth-order valence-electron chi connectivity index (χ4n) is 2.44. The Bertz CT molecular complexity index is 661. The first-order chi connectivity index (χ1) is 9.25. The standard InChI is InChI=1S/C16H16N2O/c17-15-11-13-7-3-2-6-12(13)10-14(15)16(19)18-8-4-1-5-9-18/h1-4,6-7,10-11H,5,8-9,17H2. The lowest BCUT2D eigenvalue weighted by molar-refractivity contribution is 0.0772. The molecule has 0 aliphatic carbocycles. The molecule has 0 bridgehead atoms. The molecule has 1 aliphatic rings. The van der Waals surface area contributed by atoms with Crippen LogP contribution in [0.3, 0.4) is 0 Å². The largest absolute Gasteiger partial charge is 0.398 e. The lowest BCUT2D eigenvalue weighted by Crippen LogP contribution is -2.34. The Morgan fingerprint density at radius 3 is 2.53 bits per heavy atom. The van der Waals surface area contributed by atoms with E-state index >= 15 is 0 Å². The van der Waals surface area contributed by atoms with Crippen LogP contribution in [0.2, 0.25) is 0 Å². The van der Waals surface area contributed by atoms with Gasteiger partial charge in [-0.05, 0) is 29.3 Å². The zero-order chi connectivity index (χ0) is 13.2. The first-order valence-corrected chi connectivity index (χ1v) is 6.48. The summed E-state index contributed by atoms with van der Waals surface area (Å²) >= 11 is 0. The number of carbonyl (C=O) groups is 1. The SMILES string of the molecule is Nc1cc2ccccc2cc1C(=O)N1CC=CCC1. The highest BCUT2D eigenvalue weighted by Crippen LogP contribution is 2.23. The molecular weight excluding hydrogens is 236 g/mol. The third-order valence-electron chi connectivity index (χ3n) is 3.49. The van der Waals surface area contributed by atoms with Crippen LogP contribution in [0.25, 0.3) is 10.8 Å². The topological polar surface area (TPSA) is 46.3 Å². The summed E-state index contributed by atoms with van der Waals surface area (Å²) in [5.74, 6) is 0.0209. The van der Waals surface area contributed by atoms with E-state index in [9.17, 15) is 4.79 Å². The first kappa shape index (κ1) is 11.8. The highest BCUT2D eigenvalue weighted by atomic mass is 16.2. The van der Waals surface area contributed by atoms with Gasteiger partial charge in [-0.25, -0.2) is 0 Å². The van der Waals surface area contributed by atoms with Gasteiger partial charge in [0.15, 0.2) is 0 Å². The van der Waals surface area contributed by atoms with Crippen molar-refractivity contribution in [2.45, 2.75) is 6.42 Å². The minimum atomic E-state index is 0.0209. The minimum absolute atomic E-state index is 0.0209. The van der Waals surface area contributed by atoms with Crippen molar-refractivity contribution in [3.05, 3.63) is 54.1 Å². The van der Waals surface area contributed by atoms with E-state index in [1.807, 2.05) is 47.4 Å². The van der Waals surface area contributed by atoms with Crippen LogP contribution < -0.4 is 5.73 Å². The maximum absolute atomic E-state index is 12.5. The molecular formula is C16H16N2O. The second kappa shape index (κ2) is 4.76. The van der Waals surface area contributed by atoms with Gasteiger partial charge >= 0.3 is 0 Å². The first-order valence-electron chi connectivity index (χ1n) is 6.48. The quantitative estimate of drug-likeness (QED) is 0.626. The van der Waals surface area contributed by atoms with Crippen LogP contribution in [-0.4, -0.2) is 23.9 Å². The van der Waals surface area contributed by atoms with E-state index in [1.165, 1.54) is 0 Å². The summed E-state index contributed by atoms with van der Waals surface area (Å²) in [5, 5.41) is 2.11. The van der Waals surface area contributed by atoms with E-state index in [-0.39, 0.29) is 5.91 Å². The van der Waals surface area contributed by atoms with Crippen LogP contribution in [0, 0.1) is 0 Å². The lowest BCUT2D eigenvalue weighted by Gasteiger charge is -2.24. The van der Waals surface area contributed by atoms with Gasteiger partial charge in [0.2, 0.25) is 0 Å². The van der Waals surface area contributed by atoms with Gasteiger partial charge < -0.3 is 10.6 Å². The predicted octanol–water partition coefficient (Wildman–Crippen LogP) is 2.82. The third-order valence-corrected chi connectivity index (χ3v) is 3.49. The number of fused-ring (bicyclic) bond motifs is 1. The zero-order valence-corrected chi connectivity index (χ0v) is 10.7. The molecule has 3 rings (SSSR count). The number of carbonyl (C=O) groups excluding carboxylic acids is 1. The van der Waals surface area contributed by atoms with Crippen LogP contribution in [0.4, 0.5) is 5.69 Å². The molecule has 96 valence electrons. The number of hydrogen-bond acceptors (Lipinski definition) is 2. The summed E-state index contributed by atoms with van der Waals surface area (Å²) in [7, 11) is 0. The van der Waals surface area contributed by atoms with Gasteiger partial charge in [-0.15, -0.1) is 0 Å². The van der Waals surface area contributed by atoms with Crippen molar-refractivity contribution in [1.82, 2.24) is 4.90 Å². The highest BCUT2D eigenvalue weighted by Gasteiger charge is 2.18. The van der Waals surface area contributed by atoms with Crippen LogP contribution in [0.15, 0.2) is 48.6 Å². The minimum Gasteiger partial charge on any atom is -0.398 e. The molecule has 3 heteroatoms. The average Bonchev–Trinajstić information content (AvgIpc) is 2.47. The van der Waals surface area contributed by atoms with Gasteiger partial charge in [-0.2, -0.15) is 0 Å². The van der Waals surface area contributed by atoms with E-state index in [2.05, 4.69) is 6.08 Å². The van der Waals surface area contributed by atoms with Gasteiger partial charge in [0.1, 0.15) is 0 Å². The van der Waals surface area contributed by atoms with Gasteiger partial charge in [0.05, 0.1) is 5.56 Å². The van der Waals surface area contributed by atoms with Gasteiger partial charge in [-0.1, -0.05) is 36.4 Å². The molecule has 1 aliphatic heterocycles. The van der Waals surface area contributed by atoms with Crippen molar-refractivity contribution in [2.75, 3.05) is 18.8 Å².